The summed E-state index contributed by atoms with van der Waals surface area (Å²) in [7, 11) is 0. The smallest absolute Gasteiger partial charge is 0.257 e. The largest absolute Gasteiger partial charge is 0.483 e. The van der Waals surface area contributed by atoms with E-state index in [0.29, 0.717) is 18.7 Å². The number of hydrogen-bond acceptors (Lipinski definition) is 3. The van der Waals surface area contributed by atoms with Crippen LogP contribution in [-0.2, 0) is 4.79 Å². The molecular weight excluding hydrogens is 298 g/mol. The van der Waals surface area contributed by atoms with Crippen LogP contribution in [0.15, 0.2) is 28.7 Å². The van der Waals surface area contributed by atoms with Crippen LogP contribution in [0.2, 0.25) is 0 Å². The molecule has 1 rings (SSSR count). The highest BCUT2D eigenvalue weighted by molar-refractivity contribution is 9.10. The molecule has 1 amide bonds. The Morgan fingerprint density at radius 2 is 2.22 bits per heavy atom. The molecule has 0 aliphatic heterocycles. The number of rotatable bonds is 7. The highest BCUT2D eigenvalue weighted by Crippen LogP contribution is 2.23. The van der Waals surface area contributed by atoms with Crippen molar-refractivity contribution < 1.29 is 14.6 Å². The van der Waals surface area contributed by atoms with Crippen LogP contribution in [0.4, 0.5) is 0 Å². The van der Waals surface area contributed by atoms with Gasteiger partial charge in [-0.15, -0.1) is 0 Å². The highest BCUT2D eigenvalue weighted by Gasteiger charge is 2.07. The fourth-order valence-corrected chi connectivity index (χ4v) is 1.77. The third-order valence-corrected chi connectivity index (χ3v) is 3.12. The van der Waals surface area contributed by atoms with E-state index in [4.69, 9.17) is 9.84 Å². The Labute approximate surface area is 115 Å². The fraction of sp³-hybridized carbons (Fsp3) is 0.462. The SMILES string of the molecule is CC(CCO)CNC(=O)COc1ccccc1Br. The molecule has 0 fully saturated rings. The van der Waals surface area contributed by atoms with Gasteiger partial charge in [-0.3, -0.25) is 4.79 Å². The Balaban J connectivity index is 2.27. The summed E-state index contributed by atoms with van der Waals surface area (Å²) in [6, 6.07) is 7.39. The molecule has 0 radical (unpaired) electrons. The van der Waals surface area contributed by atoms with E-state index in [0.717, 1.165) is 4.47 Å². The van der Waals surface area contributed by atoms with Crippen molar-refractivity contribution in [1.29, 1.82) is 0 Å². The molecular formula is C13H18BrNO3. The minimum Gasteiger partial charge on any atom is -0.483 e. The van der Waals surface area contributed by atoms with Gasteiger partial charge < -0.3 is 15.2 Å². The van der Waals surface area contributed by atoms with Crippen LogP contribution in [-0.4, -0.2) is 30.8 Å². The van der Waals surface area contributed by atoms with Crippen LogP contribution in [0.25, 0.3) is 0 Å². The average molecular weight is 316 g/mol. The van der Waals surface area contributed by atoms with Crippen molar-refractivity contribution in [3.8, 4) is 5.75 Å². The number of halogens is 1. The first-order valence-corrected chi connectivity index (χ1v) is 6.67. The second kappa shape index (κ2) is 8.11. The lowest BCUT2D eigenvalue weighted by molar-refractivity contribution is -0.123. The van der Waals surface area contributed by atoms with E-state index in [9.17, 15) is 4.79 Å². The number of aliphatic hydroxyl groups excluding tert-OH is 1. The third-order valence-electron chi connectivity index (χ3n) is 2.47. The van der Waals surface area contributed by atoms with Crippen LogP contribution in [0, 0.1) is 5.92 Å². The molecule has 18 heavy (non-hydrogen) atoms. The molecule has 0 aromatic heterocycles. The van der Waals surface area contributed by atoms with E-state index < -0.39 is 0 Å². The summed E-state index contributed by atoms with van der Waals surface area (Å²) in [5.41, 5.74) is 0. The van der Waals surface area contributed by atoms with Gasteiger partial charge in [0.25, 0.3) is 5.91 Å². The quantitative estimate of drug-likeness (QED) is 0.808. The molecule has 0 heterocycles. The first-order valence-electron chi connectivity index (χ1n) is 5.88. The van der Waals surface area contributed by atoms with Gasteiger partial charge in [0.15, 0.2) is 6.61 Å². The van der Waals surface area contributed by atoms with Crippen LogP contribution < -0.4 is 10.1 Å². The number of amides is 1. The predicted octanol–water partition coefficient (Wildman–Crippen LogP) is 1.96. The van der Waals surface area contributed by atoms with Gasteiger partial charge in [-0.2, -0.15) is 0 Å². The molecule has 0 saturated heterocycles. The molecule has 1 aromatic carbocycles. The molecule has 2 N–H and O–H groups in total. The lowest BCUT2D eigenvalue weighted by Crippen LogP contribution is -2.32. The topological polar surface area (TPSA) is 58.6 Å². The van der Waals surface area contributed by atoms with E-state index >= 15 is 0 Å². The second-order valence-electron chi connectivity index (χ2n) is 4.14. The zero-order valence-electron chi connectivity index (χ0n) is 10.4. The zero-order valence-corrected chi connectivity index (χ0v) is 11.9. The Hall–Kier alpha value is -1.07. The van der Waals surface area contributed by atoms with Crippen molar-refractivity contribution in [2.45, 2.75) is 13.3 Å². The maximum Gasteiger partial charge on any atom is 0.257 e. The lowest BCUT2D eigenvalue weighted by atomic mass is 10.1. The zero-order chi connectivity index (χ0) is 13.4. The molecule has 0 bridgehead atoms. The van der Waals surface area contributed by atoms with Gasteiger partial charge in [-0.1, -0.05) is 19.1 Å². The molecule has 0 saturated carbocycles. The summed E-state index contributed by atoms with van der Waals surface area (Å²) in [4.78, 5) is 11.5. The van der Waals surface area contributed by atoms with Crippen molar-refractivity contribution in [3.63, 3.8) is 0 Å². The van der Waals surface area contributed by atoms with Gasteiger partial charge in [0.1, 0.15) is 5.75 Å². The van der Waals surface area contributed by atoms with E-state index in [2.05, 4.69) is 21.2 Å². The second-order valence-corrected chi connectivity index (χ2v) is 4.99. The highest BCUT2D eigenvalue weighted by atomic mass is 79.9. The molecule has 4 nitrogen and oxygen atoms in total. The van der Waals surface area contributed by atoms with Gasteiger partial charge in [0, 0.05) is 13.2 Å². The van der Waals surface area contributed by atoms with E-state index in [1.165, 1.54) is 0 Å². The van der Waals surface area contributed by atoms with E-state index in [-0.39, 0.29) is 25.0 Å². The maximum absolute atomic E-state index is 11.5. The van der Waals surface area contributed by atoms with Crippen LogP contribution in [0.5, 0.6) is 5.75 Å². The normalized spacial score (nSPS) is 11.9. The van der Waals surface area contributed by atoms with Crippen molar-refractivity contribution in [2.24, 2.45) is 5.92 Å². The summed E-state index contributed by atoms with van der Waals surface area (Å²) in [5.74, 6) is 0.758. The maximum atomic E-state index is 11.5. The minimum atomic E-state index is -0.157. The Morgan fingerprint density at radius 1 is 1.50 bits per heavy atom. The number of ether oxygens (including phenoxy) is 1. The summed E-state index contributed by atoms with van der Waals surface area (Å²) >= 11 is 3.34. The minimum absolute atomic E-state index is 0.00550. The standard InChI is InChI=1S/C13H18BrNO3/c1-10(6-7-16)8-15-13(17)9-18-12-5-3-2-4-11(12)14/h2-5,10,16H,6-9H2,1H3,(H,15,17). The molecule has 1 aromatic rings. The monoisotopic (exact) mass is 315 g/mol. The van der Waals surface area contributed by atoms with Crippen LogP contribution >= 0.6 is 15.9 Å². The molecule has 5 heteroatoms. The number of para-hydroxylation sites is 1. The first kappa shape index (κ1) is 15.0. The van der Waals surface area contributed by atoms with E-state index in [1.54, 1.807) is 6.07 Å². The lowest BCUT2D eigenvalue weighted by Gasteiger charge is -2.12. The summed E-state index contributed by atoms with van der Waals surface area (Å²) < 4.78 is 6.21. The molecule has 0 aliphatic carbocycles. The number of benzene rings is 1. The Kier molecular flexibility index (Phi) is 6.75. The van der Waals surface area contributed by atoms with E-state index in [1.807, 2.05) is 25.1 Å². The predicted molar refractivity (Wildman–Crippen MR) is 73.5 cm³/mol. The summed E-state index contributed by atoms with van der Waals surface area (Å²) in [5, 5.41) is 11.5. The van der Waals surface area contributed by atoms with Crippen molar-refractivity contribution in [1.82, 2.24) is 5.32 Å². The fourth-order valence-electron chi connectivity index (χ4n) is 1.37. The van der Waals surface area contributed by atoms with Gasteiger partial charge >= 0.3 is 0 Å². The third kappa shape index (κ3) is 5.51. The molecule has 100 valence electrons. The van der Waals surface area contributed by atoms with Gasteiger partial charge in [-0.25, -0.2) is 0 Å². The summed E-state index contributed by atoms with van der Waals surface area (Å²) in [6.07, 6.45) is 0.686. The number of carbonyl (C=O) groups excluding carboxylic acids is 1. The van der Waals surface area contributed by atoms with Gasteiger partial charge in [0.2, 0.25) is 0 Å². The van der Waals surface area contributed by atoms with Crippen LogP contribution in [0.3, 0.4) is 0 Å². The number of nitrogens with one attached hydrogen (secondary N) is 1. The first-order chi connectivity index (χ1) is 8.63. The van der Waals surface area contributed by atoms with Crippen molar-refractivity contribution in [3.05, 3.63) is 28.7 Å². The number of aliphatic hydroxyl groups is 1. The summed E-state index contributed by atoms with van der Waals surface area (Å²) in [6.45, 7) is 2.67. The van der Waals surface area contributed by atoms with Gasteiger partial charge in [-0.05, 0) is 40.4 Å². The van der Waals surface area contributed by atoms with Gasteiger partial charge in [0.05, 0.1) is 4.47 Å². The number of hydrogen-bond donors (Lipinski definition) is 2. The Morgan fingerprint density at radius 3 is 2.89 bits per heavy atom. The molecule has 1 atom stereocenters. The number of carbonyl (C=O) groups is 1. The average Bonchev–Trinajstić information content (AvgIpc) is 2.36. The van der Waals surface area contributed by atoms with Crippen LogP contribution in [0.1, 0.15) is 13.3 Å². The van der Waals surface area contributed by atoms with Crippen molar-refractivity contribution >= 4 is 21.8 Å². The molecule has 0 aliphatic rings. The Bertz CT molecular complexity index is 384. The van der Waals surface area contributed by atoms with Crippen molar-refractivity contribution in [2.75, 3.05) is 19.8 Å². The molecule has 1 unspecified atom stereocenters. The molecule has 0 spiro atoms.